The van der Waals surface area contributed by atoms with Crippen molar-refractivity contribution in [1.29, 1.82) is 0 Å². The van der Waals surface area contributed by atoms with Gasteiger partial charge >= 0.3 is 0 Å². The first-order valence-corrected chi connectivity index (χ1v) is 6.64. The molecule has 4 nitrogen and oxygen atoms in total. The Balaban J connectivity index is 2.35. The standard InChI is InChI=1S/C13H18ClN3O/c1-10(9-18-2)8-17-12(5-6-14)16-11-4-3-7-15-13(11)17/h3-4,7,10H,5-6,8-9H2,1-2H3. The number of fused-ring (bicyclic) bond motifs is 1. The Morgan fingerprint density at radius 2 is 2.33 bits per heavy atom. The number of rotatable bonds is 6. The Morgan fingerprint density at radius 3 is 3.06 bits per heavy atom. The quantitative estimate of drug-likeness (QED) is 0.755. The minimum Gasteiger partial charge on any atom is -0.384 e. The molecule has 98 valence electrons. The third-order valence-electron chi connectivity index (χ3n) is 2.85. The van der Waals surface area contributed by atoms with E-state index in [0.29, 0.717) is 11.8 Å². The van der Waals surface area contributed by atoms with Crippen LogP contribution in [0.25, 0.3) is 11.2 Å². The van der Waals surface area contributed by atoms with Gasteiger partial charge in [0.1, 0.15) is 11.3 Å². The molecule has 2 aromatic heterocycles. The SMILES string of the molecule is COCC(C)Cn1c(CCCl)nc2cccnc21. The van der Waals surface area contributed by atoms with Crippen molar-refractivity contribution >= 4 is 22.8 Å². The van der Waals surface area contributed by atoms with E-state index < -0.39 is 0 Å². The maximum atomic E-state index is 5.83. The van der Waals surface area contributed by atoms with Gasteiger partial charge in [-0.2, -0.15) is 0 Å². The van der Waals surface area contributed by atoms with Gasteiger partial charge in [-0.15, -0.1) is 11.6 Å². The number of ether oxygens (including phenoxy) is 1. The van der Waals surface area contributed by atoms with Crippen molar-refractivity contribution in [3.63, 3.8) is 0 Å². The highest BCUT2D eigenvalue weighted by Gasteiger charge is 2.13. The molecule has 0 fully saturated rings. The maximum absolute atomic E-state index is 5.83. The fourth-order valence-corrected chi connectivity index (χ4v) is 2.29. The summed E-state index contributed by atoms with van der Waals surface area (Å²) in [6.45, 7) is 3.74. The first-order chi connectivity index (χ1) is 8.76. The summed E-state index contributed by atoms with van der Waals surface area (Å²) in [5.74, 6) is 1.99. The van der Waals surface area contributed by atoms with Gasteiger partial charge in [0, 0.05) is 32.2 Å². The van der Waals surface area contributed by atoms with E-state index in [1.165, 1.54) is 0 Å². The molecular weight excluding hydrogens is 250 g/mol. The zero-order chi connectivity index (χ0) is 13.0. The number of aryl methyl sites for hydroxylation is 1. The molecule has 0 bridgehead atoms. The summed E-state index contributed by atoms with van der Waals surface area (Å²) in [6, 6.07) is 3.89. The third kappa shape index (κ3) is 2.82. The molecule has 0 aliphatic carbocycles. The Kier molecular flexibility index (Phi) is 4.55. The molecule has 2 rings (SSSR count). The van der Waals surface area contributed by atoms with Crippen molar-refractivity contribution in [2.24, 2.45) is 5.92 Å². The monoisotopic (exact) mass is 267 g/mol. The van der Waals surface area contributed by atoms with Crippen LogP contribution < -0.4 is 0 Å². The average molecular weight is 268 g/mol. The maximum Gasteiger partial charge on any atom is 0.159 e. The summed E-state index contributed by atoms with van der Waals surface area (Å²) in [6.07, 6.45) is 2.56. The number of halogens is 1. The van der Waals surface area contributed by atoms with Gasteiger partial charge in [-0.25, -0.2) is 9.97 Å². The molecule has 2 aromatic rings. The number of aromatic nitrogens is 3. The highest BCUT2D eigenvalue weighted by atomic mass is 35.5. The Bertz CT molecular complexity index is 512. The Morgan fingerprint density at radius 1 is 1.50 bits per heavy atom. The number of nitrogens with zero attached hydrogens (tertiary/aromatic N) is 3. The van der Waals surface area contributed by atoms with Crippen molar-refractivity contribution in [3.8, 4) is 0 Å². The predicted molar refractivity (Wildman–Crippen MR) is 73.0 cm³/mol. The number of methoxy groups -OCH3 is 1. The van der Waals surface area contributed by atoms with E-state index in [0.717, 1.165) is 36.6 Å². The van der Waals surface area contributed by atoms with Crippen molar-refractivity contribution in [2.75, 3.05) is 19.6 Å². The zero-order valence-electron chi connectivity index (χ0n) is 10.8. The smallest absolute Gasteiger partial charge is 0.159 e. The molecule has 0 N–H and O–H groups in total. The molecule has 0 aliphatic rings. The van der Waals surface area contributed by atoms with Crippen LogP contribution in [-0.2, 0) is 17.7 Å². The molecule has 0 aromatic carbocycles. The highest BCUT2D eigenvalue weighted by molar-refractivity contribution is 6.17. The number of alkyl halides is 1. The Hall–Kier alpha value is -1.13. The highest BCUT2D eigenvalue weighted by Crippen LogP contribution is 2.16. The lowest BCUT2D eigenvalue weighted by atomic mass is 10.2. The van der Waals surface area contributed by atoms with Crippen LogP contribution in [0.2, 0.25) is 0 Å². The second-order valence-electron chi connectivity index (χ2n) is 4.48. The molecule has 0 amide bonds. The van der Waals surface area contributed by atoms with Crippen molar-refractivity contribution in [3.05, 3.63) is 24.2 Å². The largest absolute Gasteiger partial charge is 0.384 e. The minimum absolute atomic E-state index is 0.420. The van der Waals surface area contributed by atoms with Crippen molar-refractivity contribution in [2.45, 2.75) is 19.9 Å². The fourth-order valence-electron chi connectivity index (χ4n) is 2.12. The molecule has 18 heavy (non-hydrogen) atoms. The number of hydrogen-bond donors (Lipinski definition) is 0. The predicted octanol–water partition coefficient (Wildman–Crippen LogP) is 2.50. The molecule has 2 heterocycles. The lowest BCUT2D eigenvalue weighted by Crippen LogP contribution is -2.15. The molecule has 1 unspecified atom stereocenters. The van der Waals surface area contributed by atoms with Gasteiger partial charge in [-0.05, 0) is 18.1 Å². The number of imidazole rings is 1. The molecule has 0 saturated carbocycles. The molecular formula is C13H18ClN3O. The van der Waals surface area contributed by atoms with Gasteiger partial charge in [0.2, 0.25) is 0 Å². The van der Waals surface area contributed by atoms with Crippen LogP contribution >= 0.6 is 11.6 Å². The molecule has 0 saturated heterocycles. The second-order valence-corrected chi connectivity index (χ2v) is 4.86. The van der Waals surface area contributed by atoms with Gasteiger partial charge in [-0.1, -0.05) is 6.92 Å². The van der Waals surface area contributed by atoms with Gasteiger partial charge < -0.3 is 9.30 Å². The summed E-state index contributed by atoms with van der Waals surface area (Å²) in [4.78, 5) is 9.00. The third-order valence-corrected chi connectivity index (χ3v) is 3.04. The summed E-state index contributed by atoms with van der Waals surface area (Å²) >= 11 is 5.83. The number of pyridine rings is 1. The van der Waals surface area contributed by atoms with Crippen LogP contribution in [0.3, 0.4) is 0 Å². The number of hydrogen-bond acceptors (Lipinski definition) is 3. The minimum atomic E-state index is 0.420. The van der Waals surface area contributed by atoms with Gasteiger partial charge in [0.25, 0.3) is 0 Å². The van der Waals surface area contributed by atoms with Gasteiger partial charge in [0.05, 0.1) is 6.61 Å². The van der Waals surface area contributed by atoms with Crippen LogP contribution in [0, 0.1) is 5.92 Å². The summed E-state index contributed by atoms with van der Waals surface area (Å²) in [5, 5.41) is 0. The lowest BCUT2D eigenvalue weighted by molar-refractivity contribution is 0.151. The van der Waals surface area contributed by atoms with Crippen LogP contribution in [0.1, 0.15) is 12.7 Å². The summed E-state index contributed by atoms with van der Waals surface area (Å²) in [7, 11) is 1.72. The average Bonchev–Trinajstić information content (AvgIpc) is 2.69. The summed E-state index contributed by atoms with van der Waals surface area (Å²) in [5.41, 5.74) is 1.86. The van der Waals surface area contributed by atoms with E-state index in [1.54, 1.807) is 13.3 Å². The van der Waals surface area contributed by atoms with Gasteiger partial charge in [0.15, 0.2) is 5.65 Å². The van der Waals surface area contributed by atoms with Crippen LogP contribution in [0.15, 0.2) is 18.3 Å². The van der Waals surface area contributed by atoms with E-state index in [2.05, 4.69) is 21.5 Å². The van der Waals surface area contributed by atoms with Crippen LogP contribution in [0.4, 0.5) is 0 Å². The van der Waals surface area contributed by atoms with Crippen molar-refractivity contribution in [1.82, 2.24) is 14.5 Å². The van der Waals surface area contributed by atoms with E-state index in [4.69, 9.17) is 16.3 Å². The van der Waals surface area contributed by atoms with E-state index >= 15 is 0 Å². The molecule has 0 spiro atoms. The molecule has 1 atom stereocenters. The first kappa shape index (κ1) is 13.3. The second kappa shape index (κ2) is 6.16. The van der Waals surface area contributed by atoms with Crippen LogP contribution in [0.5, 0.6) is 0 Å². The van der Waals surface area contributed by atoms with Gasteiger partial charge in [-0.3, -0.25) is 0 Å². The zero-order valence-corrected chi connectivity index (χ0v) is 11.5. The van der Waals surface area contributed by atoms with E-state index in [-0.39, 0.29) is 0 Å². The fraction of sp³-hybridized carbons (Fsp3) is 0.538. The normalized spacial score (nSPS) is 13.1. The lowest BCUT2D eigenvalue weighted by Gasteiger charge is -2.13. The molecule has 5 heteroatoms. The van der Waals surface area contributed by atoms with E-state index in [1.807, 2.05) is 12.1 Å². The van der Waals surface area contributed by atoms with Crippen molar-refractivity contribution < 1.29 is 4.74 Å². The molecule has 0 aliphatic heterocycles. The summed E-state index contributed by atoms with van der Waals surface area (Å²) < 4.78 is 7.34. The topological polar surface area (TPSA) is 39.9 Å². The Labute approximate surface area is 112 Å². The first-order valence-electron chi connectivity index (χ1n) is 6.11. The van der Waals surface area contributed by atoms with Crippen LogP contribution in [-0.4, -0.2) is 34.1 Å². The van der Waals surface area contributed by atoms with E-state index in [9.17, 15) is 0 Å². The molecule has 0 radical (unpaired) electrons.